The Bertz CT molecular complexity index is 346. The van der Waals surface area contributed by atoms with Gasteiger partial charge in [-0.05, 0) is 42.2 Å². The van der Waals surface area contributed by atoms with Crippen molar-refractivity contribution in [2.75, 3.05) is 6.61 Å². The second-order valence-corrected chi connectivity index (χ2v) is 7.89. The SMILES string of the molecule is C=CC(=C)OCC(=C)C.CCC(CC)(CC)CCCC(CC)(CC)CC. The molecule has 0 rings (SSSR count). The maximum atomic E-state index is 5.04. The summed E-state index contributed by atoms with van der Waals surface area (Å²) in [6.07, 6.45) is 14.0. The Hall–Kier alpha value is -0.980. The summed E-state index contributed by atoms with van der Waals surface area (Å²) >= 11 is 0. The van der Waals surface area contributed by atoms with Crippen molar-refractivity contribution in [2.45, 2.75) is 106 Å². The van der Waals surface area contributed by atoms with E-state index in [2.05, 4.69) is 61.3 Å². The number of rotatable bonds is 14. The zero-order valence-electron chi connectivity index (χ0n) is 19.2. The van der Waals surface area contributed by atoms with E-state index in [1.54, 1.807) is 6.08 Å². The van der Waals surface area contributed by atoms with Gasteiger partial charge in [0.1, 0.15) is 12.4 Å². The highest BCUT2D eigenvalue weighted by atomic mass is 16.5. The lowest BCUT2D eigenvalue weighted by Crippen LogP contribution is -2.21. The van der Waals surface area contributed by atoms with E-state index in [4.69, 9.17) is 4.74 Å². The summed E-state index contributed by atoms with van der Waals surface area (Å²) in [7, 11) is 0. The highest BCUT2D eigenvalue weighted by Crippen LogP contribution is 2.41. The van der Waals surface area contributed by atoms with Crippen molar-refractivity contribution in [1.29, 1.82) is 0 Å². The molecule has 0 aliphatic carbocycles. The third-order valence-corrected chi connectivity index (χ3v) is 6.65. The standard InChI is InChI=1S/C17H36.C8H12O/c1-7-16(8-2,9-3)14-13-15-17(10-4,11-5)12-6;1-5-8(4)9-6-7(2)3/h7-15H2,1-6H3;5H,1-2,4,6H2,3H3. The van der Waals surface area contributed by atoms with Crippen LogP contribution in [-0.4, -0.2) is 6.61 Å². The molecule has 0 N–H and O–H groups in total. The van der Waals surface area contributed by atoms with Crippen LogP contribution in [-0.2, 0) is 4.74 Å². The molecule has 0 aromatic rings. The molecule has 0 amide bonds. The number of allylic oxidation sites excluding steroid dienone is 1. The van der Waals surface area contributed by atoms with Crippen molar-refractivity contribution >= 4 is 0 Å². The molecule has 0 saturated carbocycles. The van der Waals surface area contributed by atoms with E-state index in [0.717, 1.165) is 5.57 Å². The van der Waals surface area contributed by atoms with E-state index in [1.807, 2.05) is 6.92 Å². The Balaban J connectivity index is 0. The van der Waals surface area contributed by atoms with Gasteiger partial charge in [0.05, 0.1) is 0 Å². The van der Waals surface area contributed by atoms with Crippen LogP contribution in [0.4, 0.5) is 0 Å². The molecule has 0 aromatic heterocycles. The third kappa shape index (κ3) is 10.9. The first-order valence-corrected chi connectivity index (χ1v) is 10.8. The Morgan fingerprint density at radius 2 is 1.12 bits per heavy atom. The molecule has 0 bridgehead atoms. The Morgan fingerprint density at radius 3 is 1.35 bits per heavy atom. The van der Waals surface area contributed by atoms with Gasteiger partial charge in [-0.15, -0.1) is 0 Å². The lowest BCUT2D eigenvalue weighted by molar-refractivity contribution is 0.175. The summed E-state index contributed by atoms with van der Waals surface area (Å²) in [4.78, 5) is 0. The molecule has 1 nitrogen and oxygen atoms in total. The van der Waals surface area contributed by atoms with Crippen molar-refractivity contribution in [2.24, 2.45) is 10.8 Å². The smallest absolute Gasteiger partial charge is 0.112 e. The van der Waals surface area contributed by atoms with E-state index in [0.29, 0.717) is 23.2 Å². The quantitative estimate of drug-likeness (QED) is 0.170. The molecule has 0 unspecified atom stereocenters. The van der Waals surface area contributed by atoms with E-state index in [9.17, 15) is 0 Å². The molecule has 0 heterocycles. The summed E-state index contributed by atoms with van der Waals surface area (Å²) < 4.78 is 5.04. The van der Waals surface area contributed by atoms with E-state index in [-0.39, 0.29) is 0 Å². The molecule has 0 saturated heterocycles. The van der Waals surface area contributed by atoms with Crippen molar-refractivity contribution in [3.05, 3.63) is 37.1 Å². The molecule has 26 heavy (non-hydrogen) atoms. The molecule has 0 aliphatic heterocycles. The van der Waals surface area contributed by atoms with Gasteiger partial charge in [-0.3, -0.25) is 0 Å². The second kappa shape index (κ2) is 15.1. The van der Waals surface area contributed by atoms with Gasteiger partial charge >= 0.3 is 0 Å². The van der Waals surface area contributed by atoms with E-state index < -0.39 is 0 Å². The Labute approximate surface area is 166 Å². The van der Waals surface area contributed by atoms with E-state index in [1.165, 1.54) is 57.8 Å². The van der Waals surface area contributed by atoms with Crippen LogP contribution in [0.15, 0.2) is 37.1 Å². The van der Waals surface area contributed by atoms with Crippen LogP contribution < -0.4 is 0 Å². The molecule has 0 aliphatic rings. The predicted octanol–water partition coefficient (Wildman–Crippen LogP) is 8.87. The molecule has 1 heteroatoms. The first-order chi connectivity index (χ1) is 12.2. The van der Waals surface area contributed by atoms with Gasteiger partial charge in [0.25, 0.3) is 0 Å². The Morgan fingerprint density at radius 1 is 0.769 bits per heavy atom. The summed E-state index contributed by atoms with van der Waals surface area (Å²) in [5, 5.41) is 0. The van der Waals surface area contributed by atoms with Crippen molar-refractivity contribution in [1.82, 2.24) is 0 Å². The second-order valence-electron chi connectivity index (χ2n) is 7.89. The highest BCUT2D eigenvalue weighted by molar-refractivity contribution is 5.03. The fourth-order valence-corrected chi connectivity index (χ4v) is 3.67. The minimum absolute atomic E-state index is 0.533. The molecule has 0 fully saturated rings. The number of hydrogen-bond donors (Lipinski definition) is 0. The fourth-order valence-electron chi connectivity index (χ4n) is 3.67. The van der Waals surface area contributed by atoms with Crippen molar-refractivity contribution < 1.29 is 4.74 Å². The van der Waals surface area contributed by atoms with Gasteiger partial charge in [0.15, 0.2) is 0 Å². The fraction of sp³-hybridized carbons (Fsp3) is 0.760. The molecule has 0 atom stereocenters. The average Bonchev–Trinajstić information content (AvgIpc) is 2.68. The zero-order chi connectivity index (χ0) is 20.6. The highest BCUT2D eigenvalue weighted by Gasteiger charge is 2.27. The molecular formula is C25H48O. The largest absolute Gasteiger partial charge is 0.490 e. The number of ether oxygens (including phenoxy) is 1. The normalized spacial score (nSPS) is 11.3. The van der Waals surface area contributed by atoms with Gasteiger partial charge in [0.2, 0.25) is 0 Å². The minimum Gasteiger partial charge on any atom is -0.490 e. The summed E-state index contributed by atoms with van der Waals surface area (Å²) in [5.41, 5.74) is 2.26. The molecule has 0 spiro atoms. The summed E-state index contributed by atoms with van der Waals surface area (Å²) in [6, 6.07) is 0. The van der Waals surface area contributed by atoms with Crippen LogP contribution in [0.2, 0.25) is 0 Å². The van der Waals surface area contributed by atoms with Gasteiger partial charge < -0.3 is 4.74 Å². The monoisotopic (exact) mass is 364 g/mol. The first kappa shape index (κ1) is 27.2. The maximum absolute atomic E-state index is 5.04. The lowest BCUT2D eigenvalue weighted by Gasteiger charge is -2.34. The van der Waals surface area contributed by atoms with Gasteiger partial charge in [-0.2, -0.15) is 0 Å². The molecule has 0 aromatic carbocycles. The topological polar surface area (TPSA) is 9.23 Å². The summed E-state index contributed by atoms with van der Waals surface area (Å²) in [5.74, 6) is 0.595. The average molecular weight is 365 g/mol. The minimum atomic E-state index is 0.533. The van der Waals surface area contributed by atoms with Crippen LogP contribution in [0.25, 0.3) is 0 Å². The van der Waals surface area contributed by atoms with Crippen LogP contribution in [0.1, 0.15) is 106 Å². The van der Waals surface area contributed by atoms with Gasteiger partial charge in [-0.1, -0.05) is 106 Å². The van der Waals surface area contributed by atoms with Crippen LogP contribution in [0.3, 0.4) is 0 Å². The summed E-state index contributed by atoms with van der Waals surface area (Å²) in [6.45, 7) is 27.4. The third-order valence-electron chi connectivity index (χ3n) is 6.65. The first-order valence-electron chi connectivity index (χ1n) is 10.8. The van der Waals surface area contributed by atoms with E-state index >= 15 is 0 Å². The molecule has 154 valence electrons. The van der Waals surface area contributed by atoms with Crippen LogP contribution in [0.5, 0.6) is 0 Å². The predicted molar refractivity (Wildman–Crippen MR) is 121 cm³/mol. The van der Waals surface area contributed by atoms with Crippen molar-refractivity contribution in [3.8, 4) is 0 Å². The molecule has 0 radical (unpaired) electrons. The molecular weight excluding hydrogens is 316 g/mol. The van der Waals surface area contributed by atoms with Gasteiger partial charge in [-0.25, -0.2) is 0 Å². The van der Waals surface area contributed by atoms with Crippen molar-refractivity contribution in [3.63, 3.8) is 0 Å². The van der Waals surface area contributed by atoms with Gasteiger partial charge in [0, 0.05) is 0 Å². The number of hydrogen-bond acceptors (Lipinski definition) is 1. The van der Waals surface area contributed by atoms with Crippen LogP contribution in [0, 0.1) is 10.8 Å². The Kier molecular flexibility index (Phi) is 15.8. The van der Waals surface area contributed by atoms with Crippen LogP contribution >= 0.6 is 0 Å². The maximum Gasteiger partial charge on any atom is 0.112 e. The zero-order valence-corrected chi connectivity index (χ0v) is 19.2. The lowest BCUT2D eigenvalue weighted by atomic mass is 9.71.